The summed E-state index contributed by atoms with van der Waals surface area (Å²) in [6, 6.07) is 10.6. The van der Waals surface area contributed by atoms with E-state index >= 15 is 0 Å². The van der Waals surface area contributed by atoms with Gasteiger partial charge < -0.3 is 10.2 Å². The van der Waals surface area contributed by atoms with Gasteiger partial charge in [0.1, 0.15) is 17.7 Å². The monoisotopic (exact) mass is 464 g/mol. The van der Waals surface area contributed by atoms with Gasteiger partial charge in [-0.2, -0.15) is 17.5 Å². The second kappa shape index (κ2) is 9.23. The van der Waals surface area contributed by atoms with Gasteiger partial charge >= 0.3 is 6.18 Å². The first kappa shape index (κ1) is 22.2. The summed E-state index contributed by atoms with van der Waals surface area (Å²) in [5.74, 6) is 0.0264. The van der Waals surface area contributed by atoms with E-state index < -0.39 is 17.8 Å². The van der Waals surface area contributed by atoms with Crippen LogP contribution in [0.4, 0.5) is 22.7 Å². The highest BCUT2D eigenvalue weighted by molar-refractivity contribution is 7.09. The lowest BCUT2D eigenvalue weighted by Gasteiger charge is -2.22. The van der Waals surface area contributed by atoms with Gasteiger partial charge in [-0.15, -0.1) is 0 Å². The number of nitrogens with zero attached hydrogens (tertiary/aromatic N) is 3. The number of alkyl halides is 3. The number of anilines is 1. The second-order valence-corrected chi connectivity index (χ2v) is 8.29. The zero-order valence-electron chi connectivity index (χ0n) is 16.9. The van der Waals surface area contributed by atoms with Crippen LogP contribution in [-0.2, 0) is 23.9 Å². The van der Waals surface area contributed by atoms with Crippen molar-refractivity contribution in [2.45, 2.75) is 38.0 Å². The molecule has 2 aromatic carbocycles. The molecule has 1 atom stereocenters. The van der Waals surface area contributed by atoms with E-state index in [1.54, 1.807) is 18.2 Å². The quantitative estimate of drug-likeness (QED) is 0.543. The van der Waals surface area contributed by atoms with Gasteiger partial charge in [-0.25, -0.2) is 9.37 Å². The topological polar surface area (TPSA) is 58.1 Å². The van der Waals surface area contributed by atoms with Crippen molar-refractivity contribution in [3.8, 4) is 0 Å². The van der Waals surface area contributed by atoms with Gasteiger partial charge in [-0.3, -0.25) is 4.79 Å². The molecule has 168 valence electrons. The number of rotatable bonds is 6. The predicted octanol–water partition coefficient (Wildman–Crippen LogP) is 4.57. The molecule has 10 heteroatoms. The SMILES string of the molecule is O=C(NCc1cccc(C(F)(F)F)c1)C1CCCN1c1nc(Cc2ccc(F)cc2)ns1. The van der Waals surface area contributed by atoms with Gasteiger partial charge in [0.25, 0.3) is 0 Å². The Hall–Kier alpha value is -3.01. The first-order valence-electron chi connectivity index (χ1n) is 10.1. The molecule has 1 aliphatic heterocycles. The normalized spacial score (nSPS) is 16.4. The molecule has 1 aliphatic rings. The maximum Gasteiger partial charge on any atom is 0.416 e. The third kappa shape index (κ3) is 5.24. The van der Waals surface area contributed by atoms with E-state index in [0.717, 1.165) is 24.1 Å². The minimum atomic E-state index is -4.42. The van der Waals surface area contributed by atoms with Gasteiger partial charge in [0.15, 0.2) is 0 Å². The van der Waals surface area contributed by atoms with E-state index in [2.05, 4.69) is 14.7 Å². The lowest BCUT2D eigenvalue weighted by molar-refractivity contribution is -0.137. The first-order chi connectivity index (χ1) is 15.3. The number of carbonyl (C=O) groups is 1. The van der Waals surface area contributed by atoms with Crippen LogP contribution in [0.2, 0.25) is 0 Å². The Morgan fingerprint density at radius 2 is 1.94 bits per heavy atom. The number of amides is 1. The van der Waals surface area contributed by atoms with E-state index in [0.29, 0.717) is 35.9 Å². The molecule has 1 saturated heterocycles. The molecule has 2 heterocycles. The molecule has 1 N–H and O–H groups in total. The van der Waals surface area contributed by atoms with Crippen LogP contribution in [0.15, 0.2) is 48.5 Å². The molecule has 0 spiro atoms. The lowest BCUT2D eigenvalue weighted by atomic mass is 10.1. The molecular formula is C22H20F4N4OS. The standard InChI is InChI=1S/C22H20F4N4OS/c23-17-8-6-14(7-9-17)12-19-28-21(32-29-19)30-10-2-5-18(30)20(31)27-13-15-3-1-4-16(11-15)22(24,25)26/h1,3-4,6-9,11,18H,2,5,10,12-13H2,(H,27,31). The molecule has 3 aromatic rings. The summed E-state index contributed by atoms with van der Waals surface area (Å²) in [6.07, 6.45) is -2.54. The Balaban J connectivity index is 1.39. The maximum atomic E-state index is 13.1. The zero-order chi connectivity index (χ0) is 22.7. The van der Waals surface area contributed by atoms with Crippen molar-refractivity contribution in [1.29, 1.82) is 0 Å². The predicted molar refractivity (Wildman–Crippen MR) is 113 cm³/mol. The Bertz CT molecular complexity index is 1080. The summed E-state index contributed by atoms with van der Waals surface area (Å²) in [4.78, 5) is 19.2. The zero-order valence-corrected chi connectivity index (χ0v) is 17.7. The van der Waals surface area contributed by atoms with E-state index in [1.807, 2.05) is 4.90 Å². The van der Waals surface area contributed by atoms with E-state index in [1.165, 1.54) is 29.7 Å². The van der Waals surface area contributed by atoms with Crippen LogP contribution in [0, 0.1) is 5.82 Å². The van der Waals surface area contributed by atoms with Gasteiger partial charge in [0, 0.05) is 31.0 Å². The summed E-state index contributed by atoms with van der Waals surface area (Å²) in [7, 11) is 0. The summed E-state index contributed by atoms with van der Waals surface area (Å²) in [5.41, 5.74) is 0.525. The Morgan fingerprint density at radius 1 is 1.16 bits per heavy atom. The largest absolute Gasteiger partial charge is 0.416 e. The van der Waals surface area contributed by atoms with E-state index in [4.69, 9.17) is 0 Å². The molecule has 1 aromatic heterocycles. The van der Waals surface area contributed by atoms with Crippen LogP contribution in [0.25, 0.3) is 0 Å². The molecule has 0 bridgehead atoms. The van der Waals surface area contributed by atoms with Crippen LogP contribution < -0.4 is 10.2 Å². The third-order valence-corrected chi connectivity index (χ3v) is 6.05. The number of aromatic nitrogens is 2. The van der Waals surface area contributed by atoms with E-state index in [-0.39, 0.29) is 18.3 Å². The smallest absolute Gasteiger partial charge is 0.350 e. The minimum absolute atomic E-state index is 0.0129. The molecular weight excluding hydrogens is 444 g/mol. The summed E-state index contributed by atoms with van der Waals surface area (Å²) in [6.45, 7) is 0.659. The fraction of sp³-hybridized carbons (Fsp3) is 0.318. The summed E-state index contributed by atoms with van der Waals surface area (Å²) < 4.78 is 56.1. The molecule has 0 radical (unpaired) electrons. The highest BCUT2D eigenvalue weighted by Gasteiger charge is 2.33. The minimum Gasteiger partial charge on any atom is -0.350 e. The van der Waals surface area contributed by atoms with Crippen molar-refractivity contribution in [2.75, 3.05) is 11.4 Å². The second-order valence-electron chi connectivity index (χ2n) is 7.56. The number of carbonyl (C=O) groups excluding carboxylic acids is 1. The molecule has 4 rings (SSSR count). The number of nitrogens with one attached hydrogen (secondary N) is 1. The van der Waals surface area contributed by atoms with Crippen LogP contribution in [0.1, 0.15) is 35.4 Å². The number of halogens is 4. The summed E-state index contributed by atoms with van der Waals surface area (Å²) >= 11 is 1.20. The van der Waals surface area contributed by atoms with Gasteiger partial charge in [-0.05, 0) is 48.2 Å². The Morgan fingerprint density at radius 3 is 2.69 bits per heavy atom. The molecule has 1 fully saturated rings. The van der Waals surface area contributed by atoms with Crippen molar-refractivity contribution < 1.29 is 22.4 Å². The number of benzene rings is 2. The van der Waals surface area contributed by atoms with E-state index in [9.17, 15) is 22.4 Å². The molecule has 1 unspecified atom stereocenters. The molecule has 5 nitrogen and oxygen atoms in total. The maximum absolute atomic E-state index is 13.1. The highest BCUT2D eigenvalue weighted by atomic mass is 32.1. The van der Waals surface area contributed by atoms with Crippen molar-refractivity contribution in [2.24, 2.45) is 0 Å². The molecule has 0 saturated carbocycles. The number of hydrogen-bond donors (Lipinski definition) is 1. The average molecular weight is 464 g/mol. The van der Waals surface area contributed by atoms with Gasteiger partial charge in [-0.1, -0.05) is 24.3 Å². The lowest BCUT2D eigenvalue weighted by Crippen LogP contribution is -2.43. The summed E-state index contributed by atoms with van der Waals surface area (Å²) in [5, 5.41) is 3.37. The number of hydrogen-bond acceptors (Lipinski definition) is 5. The fourth-order valence-electron chi connectivity index (χ4n) is 3.65. The Kier molecular flexibility index (Phi) is 6.40. The van der Waals surface area contributed by atoms with Gasteiger partial charge in [0.05, 0.1) is 5.56 Å². The van der Waals surface area contributed by atoms with Crippen molar-refractivity contribution in [3.63, 3.8) is 0 Å². The highest BCUT2D eigenvalue weighted by Crippen LogP contribution is 2.30. The average Bonchev–Trinajstić information content (AvgIpc) is 3.43. The molecule has 0 aliphatic carbocycles. The molecule has 1 amide bonds. The van der Waals surface area contributed by atoms with Crippen LogP contribution in [0.3, 0.4) is 0 Å². The van der Waals surface area contributed by atoms with Crippen molar-refractivity contribution in [1.82, 2.24) is 14.7 Å². The van der Waals surface area contributed by atoms with Gasteiger partial charge in [0.2, 0.25) is 11.0 Å². The Labute approximate surface area is 186 Å². The van der Waals surface area contributed by atoms with Crippen LogP contribution in [0.5, 0.6) is 0 Å². The van der Waals surface area contributed by atoms with Crippen LogP contribution in [-0.4, -0.2) is 27.9 Å². The van der Waals surface area contributed by atoms with Crippen molar-refractivity contribution >= 4 is 22.6 Å². The first-order valence-corrected chi connectivity index (χ1v) is 10.8. The fourth-order valence-corrected chi connectivity index (χ4v) is 4.41. The van der Waals surface area contributed by atoms with Crippen LogP contribution >= 0.6 is 11.5 Å². The third-order valence-electron chi connectivity index (χ3n) is 5.26. The van der Waals surface area contributed by atoms with Crippen molar-refractivity contribution in [3.05, 3.63) is 76.9 Å². The molecule has 32 heavy (non-hydrogen) atoms.